The first-order chi connectivity index (χ1) is 47.1. The summed E-state index contributed by atoms with van der Waals surface area (Å²) in [5.41, 5.74) is 10.7. The molecule has 4 aliphatic carbocycles. The Morgan fingerprint density at radius 2 is 1.03 bits per heavy atom. The van der Waals surface area contributed by atoms with Gasteiger partial charge in [0, 0.05) is 68.7 Å². The summed E-state index contributed by atoms with van der Waals surface area (Å²) in [4.78, 5) is 43.2. The Balaban J connectivity index is 0.000000162. The number of rotatable bonds is 10. The number of nitriles is 3. The number of halogens is 1. The summed E-state index contributed by atoms with van der Waals surface area (Å²) >= 11 is 1.24. The predicted octanol–water partition coefficient (Wildman–Crippen LogP) is 17.5. The van der Waals surface area contributed by atoms with E-state index in [0.29, 0.717) is 69.9 Å². The number of methoxy groups -OCH3 is 7. The van der Waals surface area contributed by atoms with E-state index in [1.54, 1.807) is 85.1 Å². The topological polar surface area (TPSA) is 250 Å². The molecule has 1 unspecified atom stereocenters. The van der Waals surface area contributed by atoms with Crippen LogP contribution in [0.1, 0.15) is 170 Å². The molecular formula is C81H88BrN3O14Sn. The summed E-state index contributed by atoms with van der Waals surface area (Å²) in [6, 6.07) is 39.0. The van der Waals surface area contributed by atoms with E-state index in [4.69, 9.17) is 47.6 Å². The van der Waals surface area contributed by atoms with Crippen LogP contribution in [0.4, 0.5) is 0 Å². The maximum absolute atomic E-state index is 13.4. The fourth-order valence-electron chi connectivity index (χ4n) is 13.5. The predicted molar refractivity (Wildman–Crippen MR) is 393 cm³/mol. The van der Waals surface area contributed by atoms with Crippen molar-refractivity contribution in [2.45, 2.75) is 137 Å². The van der Waals surface area contributed by atoms with Crippen LogP contribution in [0, 0.1) is 34.0 Å². The number of nitrogens with zero attached hydrogens (tertiary/aromatic N) is 3. The number of Topliss-reactive ketones (excluding diaryl/α,β-unsaturated/α-hetero) is 2. The van der Waals surface area contributed by atoms with Gasteiger partial charge in [-0.25, -0.2) is 0 Å². The Kier molecular flexibility index (Phi) is 23.4. The molecular weight excluding hydrogens is 1440 g/mol. The number of ketones is 2. The minimum atomic E-state index is -2.30. The van der Waals surface area contributed by atoms with Crippen LogP contribution in [-0.4, -0.2) is 95.9 Å². The molecule has 0 spiro atoms. The molecule has 17 nitrogen and oxygen atoms in total. The Morgan fingerprint density at radius 1 is 0.540 bits per heavy atom. The van der Waals surface area contributed by atoms with Crippen LogP contribution in [0.3, 0.4) is 0 Å². The standard InChI is InChI=1S/C22H23NO4.C19H15NO3.C15H17BrO3.C13H16O2.C9H8NO2.3CH3.Sn/c1-22(2)11-18(20(24)16-7-6-14(25-3)10-19(16)22)17-9-15(26-4)8-13(12-23)21(17)27-5;1-19(2)8-15-14-6-12(22)5-10(9-20)17(14)23-18(15)13-4-3-11(21)7-16(13)19;1-9(17)19-14-11-6-5-10(18-4)7-12(11)15(2,3)8-13(14)16;1-13(2)7-6-12(14)10-5-4-9(15-3)8-11(10)13;1-11-8-3-4-9(12-2)7(5-8)6-10;;;;/h6-10,18H,11H2,1-5H3;3-7,21-22H,8H2,1-2H3;5-7H,8H2,1-4H3;4-5,8H,6-7H2,1-3H3;3,5H,1-2H3;3*1H3;. The van der Waals surface area contributed by atoms with Gasteiger partial charge < -0.3 is 43.1 Å². The molecule has 2 N–H and O–H groups in total. The van der Waals surface area contributed by atoms with E-state index in [2.05, 4.69) is 104 Å². The maximum atomic E-state index is 13.4. The Bertz CT molecular complexity index is 4660. The van der Waals surface area contributed by atoms with E-state index in [1.807, 2.05) is 60.7 Å². The third-order valence-electron chi connectivity index (χ3n) is 18.8. The molecule has 1 atom stereocenters. The second-order valence-electron chi connectivity index (χ2n) is 28.6. The number of furan rings is 1. The van der Waals surface area contributed by atoms with E-state index in [1.165, 1.54) is 23.7 Å². The number of carbonyl (C=O) groups is 3. The first-order valence-electron chi connectivity index (χ1n) is 32.6. The van der Waals surface area contributed by atoms with Crippen molar-refractivity contribution in [1.29, 1.82) is 15.8 Å². The number of carbonyl (C=O) groups excluding carboxylic acids is 3. The summed E-state index contributed by atoms with van der Waals surface area (Å²) in [5.74, 6) is 5.98. The van der Waals surface area contributed by atoms with Gasteiger partial charge in [-0.1, -0.05) is 71.3 Å². The van der Waals surface area contributed by atoms with Crippen LogP contribution in [-0.2, 0) is 37.6 Å². The van der Waals surface area contributed by atoms with Gasteiger partial charge in [0.05, 0.1) is 52.6 Å². The smallest absolute Gasteiger partial charge is 0.308 e. The molecule has 0 radical (unpaired) electrons. The van der Waals surface area contributed by atoms with E-state index < -0.39 is 24.3 Å². The van der Waals surface area contributed by atoms with Gasteiger partial charge in [-0.3, -0.25) is 14.4 Å². The molecule has 12 rings (SSSR count). The van der Waals surface area contributed by atoms with Crippen molar-refractivity contribution >= 4 is 72.2 Å². The SMILES string of the molecule is CC1(C)Cc2c(oc3c(C#N)cc(O)cc23)-c2ccc(O)cc21.COc1cc(C#N)c(OC)[c]([Sn]([CH3])([CH3])[CH3])c1.COc1cc(C#N)c(OC)c(C2CC(C)(C)c3cc(OC)ccc3C2=O)c1.COc1ccc2c(c1)C(C)(C)CC(Br)=C2OC(C)=O.COc1ccc2c(c1)C(C)(C)CCC2=O. The first-order valence-corrected chi connectivity index (χ1v) is 43.4. The number of benzene rings is 7. The fraction of sp³-hybridized carbons (Fsp3) is 0.358. The van der Waals surface area contributed by atoms with Gasteiger partial charge in [0.1, 0.15) is 63.9 Å². The quantitative estimate of drug-likeness (QED) is 0.0954. The maximum Gasteiger partial charge on any atom is 0.308 e. The molecule has 4 aliphatic rings. The molecule has 8 aromatic rings. The molecule has 19 heteroatoms. The molecule has 0 fully saturated rings. The van der Waals surface area contributed by atoms with Crippen molar-refractivity contribution < 1.29 is 66.9 Å². The Hall–Kier alpha value is -9.42. The minimum Gasteiger partial charge on any atom is -0.497 e. The summed E-state index contributed by atoms with van der Waals surface area (Å²) in [7, 11) is 11.2. The van der Waals surface area contributed by atoms with Crippen molar-refractivity contribution in [2.24, 2.45) is 0 Å². The number of allylic oxidation sites excluding steroid dienone is 1. The first kappa shape index (κ1) is 76.3. The molecule has 0 bridgehead atoms. The van der Waals surface area contributed by atoms with Crippen LogP contribution in [0.5, 0.6) is 51.7 Å². The van der Waals surface area contributed by atoms with Gasteiger partial charge in [0.15, 0.2) is 17.1 Å². The fourth-order valence-corrected chi connectivity index (χ4v) is 18.8. The number of hydrogen-bond acceptors (Lipinski definition) is 17. The van der Waals surface area contributed by atoms with Crippen LogP contribution >= 0.6 is 15.9 Å². The Labute approximate surface area is 599 Å². The zero-order chi connectivity index (χ0) is 73.7. The van der Waals surface area contributed by atoms with Crippen LogP contribution in [0.25, 0.3) is 28.1 Å². The van der Waals surface area contributed by atoms with E-state index in [-0.39, 0.29) is 50.7 Å². The minimum absolute atomic E-state index is 0.0161. The molecule has 0 amide bonds. The summed E-state index contributed by atoms with van der Waals surface area (Å²) in [6.07, 6.45) is 3.68. The van der Waals surface area contributed by atoms with Gasteiger partial charge >= 0.3 is 107 Å². The number of fused-ring (bicyclic) bond motifs is 8. The third-order valence-corrected chi connectivity index (χ3v) is 25.1. The number of phenolic OH excluding ortho intramolecular Hbond substituents is 2. The van der Waals surface area contributed by atoms with Crippen molar-refractivity contribution in [3.63, 3.8) is 0 Å². The molecule has 7 aromatic carbocycles. The second-order valence-corrected chi connectivity index (χ2v) is 44.0. The van der Waals surface area contributed by atoms with Crippen molar-refractivity contribution in [2.75, 3.05) is 49.8 Å². The zero-order valence-corrected chi connectivity index (χ0v) is 65.0. The van der Waals surface area contributed by atoms with Gasteiger partial charge in [-0.2, -0.15) is 10.5 Å². The molecule has 100 heavy (non-hydrogen) atoms. The van der Waals surface area contributed by atoms with E-state index >= 15 is 0 Å². The molecule has 522 valence electrons. The molecule has 1 aromatic heterocycles. The normalized spacial score (nSPS) is 15.9. The average Bonchev–Trinajstić information content (AvgIpc) is 1.34. The van der Waals surface area contributed by atoms with Crippen molar-refractivity contribution in [3.05, 3.63) is 180 Å². The van der Waals surface area contributed by atoms with Crippen molar-refractivity contribution in [3.8, 4) is 81.3 Å². The molecule has 1 heterocycles. The number of ether oxygens (including phenoxy) is 8. The van der Waals surface area contributed by atoms with Gasteiger partial charge in [-0.05, 0) is 155 Å². The second kappa shape index (κ2) is 30.6. The summed E-state index contributed by atoms with van der Waals surface area (Å²) in [6.45, 7) is 18.5. The number of esters is 1. The van der Waals surface area contributed by atoms with E-state index in [9.17, 15) is 35.1 Å². The van der Waals surface area contributed by atoms with Gasteiger partial charge in [-0.15, -0.1) is 0 Å². The number of aromatic hydroxyl groups is 2. The largest absolute Gasteiger partial charge is 0.497 e. The van der Waals surface area contributed by atoms with Crippen LogP contribution < -0.4 is 36.7 Å². The van der Waals surface area contributed by atoms with Crippen LogP contribution in [0.2, 0.25) is 14.8 Å². The van der Waals surface area contributed by atoms with Gasteiger partial charge in [0.25, 0.3) is 0 Å². The van der Waals surface area contributed by atoms with Crippen molar-refractivity contribution in [1.82, 2.24) is 0 Å². The Morgan fingerprint density at radius 3 is 1.56 bits per heavy atom. The average molecular weight is 1530 g/mol. The third kappa shape index (κ3) is 16.1. The summed E-state index contributed by atoms with van der Waals surface area (Å²) in [5, 5.41) is 48.4. The monoisotopic (exact) mass is 1530 g/mol. The van der Waals surface area contributed by atoms with Gasteiger partial charge in [0.2, 0.25) is 0 Å². The molecule has 0 saturated heterocycles. The van der Waals surface area contributed by atoms with Crippen LogP contribution in [0.15, 0.2) is 118 Å². The van der Waals surface area contributed by atoms with E-state index in [0.717, 1.165) is 102 Å². The number of hydrogen-bond donors (Lipinski definition) is 2. The molecule has 0 saturated carbocycles. The number of phenols is 2. The summed E-state index contributed by atoms with van der Waals surface area (Å²) < 4.78 is 50.7. The molecule has 0 aliphatic heterocycles. The zero-order valence-electron chi connectivity index (χ0n) is 60.5.